The normalized spacial score (nSPS) is 21.6. The molecule has 0 saturated heterocycles. The lowest BCUT2D eigenvalue weighted by Crippen LogP contribution is -2.38. The van der Waals surface area contributed by atoms with Gasteiger partial charge in [-0.2, -0.15) is 0 Å². The Bertz CT molecular complexity index is 444. The van der Waals surface area contributed by atoms with Crippen molar-refractivity contribution in [3.8, 4) is 5.75 Å². The van der Waals surface area contributed by atoms with Crippen LogP contribution in [0, 0.1) is 5.92 Å². The SMILES string of the molecule is CCOc1ccccc1C(=O)N(C)CC1CC(Cl)C1. The van der Waals surface area contributed by atoms with Crippen LogP contribution in [0.2, 0.25) is 0 Å². The molecule has 0 radical (unpaired) electrons. The highest BCUT2D eigenvalue weighted by Crippen LogP contribution is 2.32. The maximum atomic E-state index is 12.4. The van der Waals surface area contributed by atoms with Gasteiger partial charge in [0.05, 0.1) is 12.2 Å². The van der Waals surface area contributed by atoms with Crippen LogP contribution in [0.15, 0.2) is 24.3 Å². The minimum absolute atomic E-state index is 0.0158. The zero-order valence-electron chi connectivity index (χ0n) is 11.4. The highest BCUT2D eigenvalue weighted by atomic mass is 35.5. The van der Waals surface area contributed by atoms with Crippen LogP contribution in [-0.2, 0) is 0 Å². The van der Waals surface area contributed by atoms with Crippen LogP contribution in [0.4, 0.5) is 0 Å². The predicted molar refractivity (Wildman–Crippen MR) is 76.9 cm³/mol. The lowest BCUT2D eigenvalue weighted by atomic mass is 9.84. The van der Waals surface area contributed by atoms with Crippen molar-refractivity contribution in [2.24, 2.45) is 5.92 Å². The Kier molecular flexibility index (Phi) is 4.70. The van der Waals surface area contributed by atoms with Gasteiger partial charge in [0, 0.05) is 19.0 Å². The van der Waals surface area contributed by atoms with Gasteiger partial charge >= 0.3 is 0 Å². The van der Waals surface area contributed by atoms with Crippen molar-refractivity contribution in [1.82, 2.24) is 4.90 Å². The molecule has 0 aromatic heterocycles. The second-order valence-corrected chi connectivity index (χ2v) is 5.67. The van der Waals surface area contributed by atoms with Crippen LogP contribution in [0.25, 0.3) is 0 Å². The van der Waals surface area contributed by atoms with Crippen molar-refractivity contribution in [1.29, 1.82) is 0 Å². The van der Waals surface area contributed by atoms with E-state index in [1.165, 1.54) is 0 Å². The molecule has 1 saturated carbocycles. The summed E-state index contributed by atoms with van der Waals surface area (Å²) in [5, 5.41) is 0.296. The van der Waals surface area contributed by atoms with E-state index in [0.717, 1.165) is 19.4 Å². The van der Waals surface area contributed by atoms with Gasteiger partial charge < -0.3 is 9.64 Å². The topological polar surface area (TPSA) is 29.5 Å². The van der Waals surface area contributed by atoms with E-state index in [9.17, 15) is 4.79 Å². The van der Waals surface area contributed by atoms with Crippen LogP contribution in [0.3, 0.4) is 0 Å². The molecule has 0 spiro atoms. The second kappa shape index (κ2) is 6.29. The Labute approximate surface area is 119 Å². The maximum Gasteiger partial charge on any atom is 0.257 e. The molecule has 2 rings (SSSR count). The number of nitrogens with zero attached hydrogens (tertiary/aromatic N) is 1. The van der Waals surface area contributed by atoms with Gasteiger partial charge in [-0.05, 0) is 37.8 Å². The highest BCUT2D eigenvalue weighted by molar-refractivity contribution is 6.21. The van der Waals surface area contributed by atoms with E-state index in [2.05, 4.69) is 0 Å². The van der Waals surface area contributed by atoms with E-state index in [-0.39, 0.29) is 5.91 Å². The molecule has 0 bridgehead atoms. The number of carbonyl (C=O) groups excluding carboxylic acids is 1. The lowest BCUT2D eigenvalue weighted by Gasteiger charge is -2.34. The van der Waals surface area contributed by atoms with E-state index in [4.69, 9.17) is 16.3 Å². The molecule has 104 valence electrons. The largest absolute Gasteiger partial charge is 0.493 e. The molecule has 19 heavy (non-hydrogen) atoms. The van der Waals surface area contributed by atoms with E-state index in [0.29, 0.717) is 29.2 Å². The molecule has 3 nitrogen and oxygen atoms in total. The summed E-state index contributed by atoms with van der Waals surface area (Å²) in [6.07, 6.45) is 2.01. The molecule has 0 aliphatic heterocycles. The third kappa shape index (κ3) is 3.41. The minimum atomic E-state index is 0.0158. The molecule has 0 atom stereocenters. The van der Waals surface area contributed by atoms with Crippen LogP contribution >= 0.6 is 11.6 Å². The van der Waals surface area contributed by atoms with Crippen LogP contribution < -0.4 is 4.74 Å². The van der Waals surface area contributed by atoms with Crippen molar-refractivity contribution in [3.05, 3.63) is 29.8 Å². The summed E-state index contributed by atoms with van der Waals surface area (Å²) in [5.74, 6) is 1.21. The number of ether oxygens (including phenoxy) is 1. The quantitative estimate of drug-likeness (QED) is 0.776. The number of rotatable bonds is 5. The molecule has 0 N–H and O–H groups in total. The number of halogens is 1. The first-order valence-electron chi connectivity index (χ1n) is 6.73. The van der Waals surface area contributed by atoms with Crippen molar-refractivity contribution >= 4 is 17.5 Å². The van der Waals surface area contributed by atoms with Gasteiger partial charge in [0.2, 0.25) is 0 Å². The Morgan fingerprint density at radius 1 is 1.42 bits per heavy atom. The molecule has 1 aliphatic carbocycles. The fourth-order valence-corrected chi connectivity index (χ4v) is 2.91. The maximum absolute atomic E-state index is 12.4. The molecule has 1 aliphatic rings. The molecule has 1 aromatic carbocycles. The fourth-order valence-electron chi connectivity index (χ4n) is 2.40. The zero-order chi connectivity index (χ0) is 13.8. The first-order valence-corrected chi connectivity index (χ1v) is 7.16. The number of hydrogen-bond donors (Lipinski definition) is 0. The summed E-state index contributed by atoms with van der Waals surface area (Å²) in [5.41, 5.74) is 0.633. The van der Waals surface area contributed by atoms with Crippen LogP contribution in [0.1, 0.15) is 30.1 Å². The molecule has 0 heterocycles. The first-order chi connectivity index (χ1) is 9.11. The van der Waals surface area contributed by atoms with E-state index in [1.54, 1.807) is 4.90 Å². The van der Waals surface area contributed by atoms with Gasteiger partial charge in [0.1, 0.15) is 5.75 Å². The average molecular weight is 282 g/mol. The molecule has 1 aromatic rings. The summed E-state index contributed by atoms with van der Waals surface area (Å²) >= 11 is 5.97. The van der Waals surface area contributed by atoms with Gasteiger partial charge in [0.25, 0.3) is 5.91 Å². The Hall–Kier alpha value is -1.22. The molecule has 1 fully saturated rings. The van der Waals surface area contributed by atoms with E-state index < -0.39 is 0 Å². The van der Waals surface area contributed by atoms with Gasteiger partial charge in [-0.15, -0.1) is 11.6 Å². The number of alkyl halides is 1. The van der Waals surface area contributed by atoms with Crippen molar-refractivity contribution in [2.45, 2.75) is 25.1 Å². The molecule has 4 heteroatoms. The number of amides is 1. The number of hydrogen-bond acceptors (Lipinski definition) is 2. The molecule has 1 amide bonds. The lowest BCUT2D eigenvalue weighted by molar-refractivity contribution is 0.0743. The molecular formula is C15H20ClNO2. The van der Waals surface area contributed by atoms with Crippen molar-refractivity contribution in [3.63, 3.8) is 0 Å². The number of carbonyl (C=O) groups is 1. The Balaban J connectivity index is 2.01. The van der Waals surface area contributed by atoms with Crippen LogP contribution in [-0.4, -0.2) is 36.4 Å². The number of para-hydroxylation sites is 1. The summed E-state index contributed by atoms with van der Waals surface area (Å²) in [7, 11) is 1.84. The first kappa shape index (κ1) is 14.2. The highest BCUT2D eigenvalue weighted by Gasteiger charge is 2.29. The van der Waals surface area contributed by atoms with Gasteiger partial charge in [-0.1, -0.05) is 12.1 Å². The molecule has 0 unspecified atom stereocenters. The zero-order valence-corrected chi connectivity index (χ0v) is 12.2. The predicted octanol–water partition coefficient (Wildman–Crippen LogP) is 3.17. The Morgan fingerprint density at radius 2 is 2.11 bits per heavy atom. The third-order valence-corrected chi connectivity index (χ3v) is 3.83. The Morgan fingerprint density at radius 3 is 2.74 bits per heavy atom. The summed E-state index contributed by atoms with van der Waals surface area (Å²) in [6.45, 7) is 3.24. The van der Waals surface area contributed by atoms with Crippen molar-refractivity contribution in [2.75, 3.05) is 20.2 Å². The minimum Gasteiger partial charge on any atom is -0.493 e. The number of benzene rings is 1. The standard InChI is InChI=1S/C15H20ClNO2/c1-3-19-14-7-5-4-6-13(14)15(18)17(2)10-11-8-12(16)9-11/h4-7,11-12H,3,8-10H2,1-2H3. The van der Waals surface area contributed by atoms with E-state index >= 15 is 0 Å². The smallest absolute Gasteiger partial charge is 0.257 e. The second-order valence-electron chi connectivity index (χ2n) is 5.05. The van der Waals surface area contributed by atoms with E-state index in [1.807, 2.05) is 38.2 Å². The average Bonchev–Trinajstić information content (AvgIpc) is 2.37. The summed E-state index contributed by atoms with van der Waals surface area (Å²) in [4.78, 5) is 14.2. The summed E-state index contributed by atoms with van der Waals surface area (Å²) in [6, 6.07) is 7.39. The third-order valence-electron chi connectivity index (χ3n) is 3.47. The fraction of sp³-hybridized carbons (Fsp3) is 0.533. The van der Waals surface area contributed by atoms with Crippen LogP contribution in [0.5, 0.6) is 5.75 Å². The van der Waals surface area contributed by atoms with Gasteiger partial charge in [0.15, 0.2) is 0 Å². The van der Waals surface area contributed by atoms with Gasteiger partial charge in [-0.3, -0.25) is 4.79 Å². The van der Waals surface area contributed by atoms with Gasteiger partial charge in [-0.25, -0.2) is 0 Å². The summed E-state index contributed by atoms with van der Waals surface area (Å²) < 4.78 is 5.50. The molecular weight excluding hydrogens is 262 g/mol. The monoisotopic (exact) mass is 281 g/mol. The van der Waals surface area contributed by atoms with Crippen molar-refractivity contribution < 1.29 is 9.53 Å².